The molecule has 1 aromatic carbocycles. The van der Waals surface area contributed by atoms with Crippen molar-refractivity contribution in [1.82, 2.24) is 0 Å². The third kappa shape index (κ3) is 3.15. The fourth-order valence-corrected chi connectivity index (χ4v) is 2.69. The largest absolute Gasteiger partial charge is 0.872 e. The monoisotopic (exact) mass is 275 g/mol. The second-order valence-electron chi connectivity index (χ2n) is 5.59. The maximum absolute atomic E-state index is 11.7. The first-order valence-corrected chi connectivity index (χ1v) is 6.97. The molecule has 2 rings (SSSR count). The van der Waals surface area contributed by atoms with Crippen LogP contribution in [-0.2, 0) is 0 Å². The lowest BCUT2D eigenvalue weighted by atomic mass is 9.78. The van der Waals surface area contributed by atoms with Crippen LogP contribution in [0, 0.1) is 22.0 Å². The minimum atomic E-state index is -0.498. The normalized spacial score (nSPS) is 26.8. The van der Waals surface area contributed by atoms with Gasteiger partial charge in [0.2, 0.25) is 0 Å². The van der Waals surface area contributed by atoms with E-state index in [0.29, 0.717) is 17.4 Å². The second-order valence-corrected chi connectivity index (χ2v) is 5.59. The lowest BCUT2D eigenvalue weighted by molar-refractivity contribution is -0.385. The first kappa shape index (κ1) is 14.5. The standard InChI is InChI=1S/C15H20N2O3/c1-10-4-3-5-14(11(10)2)16-9-12-8-13(17(19)20)6-7-15(12)18/h6-11,14,18H,3-5H2,1-2H3/p-1/t10-,11+,14-/m0/s1. The van der Waals surface area contributed by atoms with Crippen LogP contribution in [0.4, 0.5) is 5.69 Å². The molecule has 5 heteroatoms. The van der Waals surface area contributed by atoms with Crippen molar-refractivity contribution in [2.24, 2.45) is 16.8 Å². The van der Waals surface area contributed by atoms with Crippen molar-refractivity contribution in [3.05, 3.63) is 33.9 Å². The number of hydrogen-bond acceptors (Lipinski definition) is 4. The van der Waals surface area contributed by atoms with Gasteiger partial charge in [-0.15, -0.1) is 0 Å². The second kappa shape index (κ2) is 6.03. The average molecular weight is 275 g/mol. The van der Waals surface area contributed by atoms with Gasteiger partial charge >= 0.3 is 0 Å². The van der Waals surface area contributed by atoms with E-state index >= 15 is 0 Å². The summed E-state index contributed by atoms with van der Waals surface area (Å²) in [5, 5.41) is 22.4. The fraction of sp³-hybridized carbons (Fsp3) is 0.533. The minimum Gasteiger partial charge on any atom is -0.872 e. The van der Waals surface area contributed by atoms with Gasteiger partial charge in [0, 0.05) is 18.3 Å². The van der Waals surface area contributed by atoms with E-state index in [0.717, 1.165) is 12.8 Å². The predicted molar refractivity (Wildman–Crippen MR) is 76.1 cm³/mol. The maximum atomic E-state index is 11.7. The topological polar surface area (TPSA) is 78.6 Å². The highest BCUT2D eigenvalue weighted by Crippen LogP contribution is 2.31. The summed E-state index contributed by atoms with van der Waals surface area (Å²) in [5.74, 6) is 0.882. The molecule has 0 heterocycles. The Morgan fingerprint density at radius 3 is 2.80 bits per heavy atom. The Balaban J connectivity index is 2.18. The summed E-state index contributed by atoms with van der Waals surface area (Å²) >= 11 is 0. The van der Waals surface area contributed by atoms with E-state index in [4.69, 9.17) is 0 Å². The van der Waals surface area contributed by atoms with Crippen molar-refractivity contribution >= 4 is 11.9 Å². The molecule has 3 atom stereocenters. The molecule has 0 bridgehead atoms. The van der Waals surface area contributed by atoms with Gasteiger partial charge in [0.15, 0.2) is 0 Å². The molecule has 0 amide bonds. The summed E-state index contributed by atoms with van der Waals surface area (Å²) < 4.78 is 0. The zero-order chi connectivity index (χ0) is 14.7. The Morgan fingerprint density at radius 2 is 2.10 bits per heavy atom. The lowest BCUT2D eigenvalue weighted by Gasteiger charge is -2.31. The molecular formula is C15H19N2O3-. The van der Waals surface area contributed by atoms with Gasteiger partial charge < -0.3 is 5.11 Å². The number of hydrogen-bond donors (Lipinski definition) is 0. The van der Waals surface area contributed by atoms with Gasteiger partial charge in [0.1, 0.15) is 0 Å². The van der Waals surface area contributed by atoms with Crippen molar-refractivity contribution in [2.45, 2.75) is 39.2 Å². The van der Waals surface area contributed by atoms with Crippen molar-refractivity contribution in [2.75, 3.05) is 0 Å². The number of nitro groups is 1. The number of benzene rings is 1. The number of rotatable bonds is 3. The molecule has 1 fully saturated rings. The Kier molecular flexibility index (Phi) is 4.37. The Hall–Kier alpha value is -1.91. The molecule has 0 saturated heterocycles. The summed E-state index contributed by atoms with van der Waals surface area (Å²) in [7, 11) is 0. The highest BCUT2D eigenvalue weighted by Gasteiger charge is 2.26. The molecule has 0 unspecified atom stereocenters. The van der Waals surface area contributed by atoms with Crippen LogP contribution in [0.25, 0.3) is 0 Å². The number of nitro benzene ring substituents is 1. The molecule has 0 N–H and O–H groups in total. The van der Waals surface area contributed by atoms with Crippen LogP contribution in [0.2, 0.25) is 0 Å². The lowest BCUT2D eigenvalue weighted by Crippen LogP contribution is -2.27. The van der Waals surface area contributed by atoms with Gasteiger partial charge in [-0.3, -0.25) is 15.1 Å². The minimum absolute atomic E-state index is 0.0730. The molecule has 1 aromatic rings. The van der Waals surface area contributed by atoms with Crippen molar-refractivity contribution < 1.29 is 10.0 Å². The first-order chi connectivity index (χ1) is 9.49. The third-order valence-corrected chi connectivity index (χ3v) is 4.27. The molecule has 1 aliphatic carbocycles. The SMILES string of the molecule is C[C@H]1[C@@H](N=Cc2cc([N+](=O)[O-])ccc2[O-])CCC[C@@H]1C. The van der Waals surface area contributed by atoms with Gasteiger partial charge in [-0.25, -0.2) is 0 Å². The summed E-state index contributed by atoms with van der Waals surface area (Å²) in [6, 6.07) is 3.96. The van der Waals surface area contributed by atoms with E-state index in [9.17, 15) is 15.2 Å². The van der Waals surface area contributed by atoms with Crippen LogP contribution in [0.15, 0.2) is 23.2 Å². The molecule has 0 radical (unpaired) electrons. The molecule has 108 valence electrons. The molecule has 1 saturated carbocycles. The van der Waals surface area contributed by atoms with E-state index in [1.54, 1.807) is 0 Å². The molecule has 1 aliphatic rings. The molecule has 0 aromatic heterocycles. The van der Waals surface area contributed by atoms with E-state index in [-0.39, 0.29) is 17.5 Å². The van der Waals surface area contributed by atoms with Gasteiger partial charge in [-0.1, -0.05) is 38.5 Å². The molecular weight excluding hydrogens is 256 g/mol. The summed E-state index contributed by atoms with van der Waals surface area (Å²) in [5.41, 5.74) is 0.223. The van der Waals surface area contributed by atoms with Gasteiger partial charge in [0.25, 0.3) is 5.69 Å². The Bertz CT molecular complexity index is 528. The van der Waals surface area contributed by atoms with Crippen LogP contribution in [-0.4, -0.2) is 17.2 Å². The van der Waals surface area contributed by atoms with E-state index in [2.05, 4.69) is 18.8 Å². The molecule has 0 aliphatic heterocycles. The first-order valence-electron chi connectivity index (χ1n) is 6.97. The average Bonchev–Trinajstić information content (AvgIpc) is 2.41. The van der Waals surface area contributed by atoms with Crippen molar-refractivity contribution in [3.8, 4) is 5.75 Å². The van der Waals surface area contributed by atoms with Crippen LogP contribution in [0.3, 0.4) is 0 Å². The van der Waals surface area contributed by atoms with Crippen molar-refractivity contribution in [1.29, 1.82) is 0 Å². The quantitative estimate of drug-likeness (QED) is 0.483. The third-order valence-electron chi connectivity index (χ3n) is 4.27. The van der Waals surface area contributed by atoms with Crippen LogP contribution >= 0.6 is 0 Å². The number of aliphatic imine (C=N–C) groups is 1. The zero-order valence-corrected chi connectivity index (χ0v) is 11.8. The van der Waals surface area contributed by atoms with E-state index < -0.39 is 4.92 Å². The van der Waals surface area contributed by atoms with E-state index in [1.165, 1.54) is 30.8 Å². The van der Waals surface area contributed by atoms with Crippen LogP contribution < -0.4 is 5.11 Å². The molecule has 20 heavy (non-hydrogen) atoms. The predicted octanol–water partition coefficient (Wildman–Crippen LogP) is 2.91. The summed E-state index contributed by atoms with van der Waals surface area (Å²) in [4.78, 5) is 14.7. The molecule has 5 nitrogen and oxygen atoms in total. The zero-order valence-electron chi connectivity index (χ0n) is 11.8. The Morgan fingerprint density at radius 1 is 1.35 bits per heavy atom. The Labute approximate surface area is 118 Å². The highest BCUT2D eigenvalue weighted by atomic mass is 16.6. The number of non-ortho nitro benzene ring substituents is 1. The van der Waals surface area contributed by atoms with Gasteiger partial charge in [-0.2, -0.15) is 0 Å². The fourth-order valence-electron chi connectivity index (χ4n) is 2.69. The van der Waals surface area contributed by atoms with Crippen LogP contribution in [0.5, 0.6) is 5.75 Å². The van der Waals surface area contributed by atoms with E-state index in [1.807, 2.05) is 0 Å². The molecule has 0 spiro atoms. The summed E-state index contributed by atoms with van der Waals surface area (Å²) in [6.45, 7) is 4.40. The van der Waals surface area contributed by atoms with Gasteiger partial charge in [0.05, 0.1) is 11.0 Å². The smallest absolute Gasteiger partial charge is 0.270 e. The van der Waals surface area contributed by atoms with Crippen molar-refractivity contribution in [3.63, 3.8) is 0 Å². The maximum Gasteiger partial charge on any atom is 0.270 e. The number of nitrogens with zero attached hydrogens (tertiary/aromatic N) is 2. The van der Waals surface area contributed by atoms with Crippen LogP contribution in [0.1, 0.15) is 38.7 Å². The van der Waals surface area contributed by atoms with Gasteiger partial charge in [-0.05, 0) is 23.8 Å². The highest BCUT2D eigenvalue weighted by molar-refractivity contribution is 5.84. The summed E-state index contributed by atoms with van der Waals surface area (Å²) in [6.07, 6.45) is 4.89.